The summed E-state index contributed by atoms with van der Waals surface area (Å²) in [7, 11) is -3.79. The molecule has 1 N–H and O–H groups in total. The van der Waals surface area contributed by atoms with E-state index in [9.17, 15) is 23.3 Å². The fourth-order valence-corrected chi connectivity index (χ4v) is 4.84. The van der Waals surface area contributed by atoms with Crippen molar-refractivity contribution in [1.29, 1.82) is 0 Å². The van der Waals surface area contributed by atoms with E-state index in [0.29, 0.717) is 31.5 Å². The summed E-state index contributed by atoms with van der Waals surface area (Å²) >= 11 is 0. The number of benzene rings is 2. The first-order valence-electron chi connectivity index (χ1n) is 10.1. The highest BCUT2D eigenvalue weighted by atomic mass is 32.2. The van der Waals surface area contributed by atoms with Crippen molar-refractivity contribution < 1.29 is 18.1 Å². The lowest BCUT2D eigenvalue weighted by atomic mass is 9.86. The molecule has 3 rings (SSSR count). The van der Waals surface area contributed by atoms with Gasteiger partial charge >= 0.3 is 0 Å². The standard InChI is InChI=1S/C22H27N3O5S/c1-22(2,3)17-6-4-16(5-7-17)21(26)24-14-12-18(13-15-24)23-31(29,30)20-10-8-19(9-11-20)25(27)28/h4-11,18,23H,12-15H2,1-3H3. The maximum atomic E-state index is 12.8. The van der Waals surface area contributed by atoms with Crippen LogP contribution in [0.25, 0.3) is 0 Å². The highest BCUT2D eigenvalue weighted by Crippen LogP contribution is 2.23. The Morgan fingerprint density at radius 1 is 1.03 bits per heavy atom. The maximum absolute atomic E-state index is 12.8. The first kappa shape index (κ1) is 22.9. The van der Waals surface area contributed by atoms with Gasteiger partial charge in [0.15, 0.2) is 0 Å². The largest absolute Gasteiger partial charge is 0.339 e. The van der Waals surface area contributed by atoms with Crippen molar-refractivity contribution in [1.82, 2.24) is 9.62 Å². The molecule has 31 heavy (non-hydrogen) atoms. The second-order valence-corrected chi connectivity index (χ2v) is 10.5. The van der Waals surface area contributed by atoms with Crippen molar-refractivity contribution in [2.75, 3.05) is 13.1 Å². The normalized spacial score (nSPS) is 15.6. The highest BCUT2D eigenvalue weighted by molar-refractivity contribution is 7.89. The Bertz CT molecular complexity index is 1050. The fourth-order valence-electron chi connectivity index (χ4n) is 3.53. The predicted octanol–water partition coefficient (Wildman–Crippen LogP) is 3.48. The number of amides is 1. The Morgan fingerprint density at radius 2 is 1.58 bits per heavy atom. The number of likely N-dealkylation sites (tertiary alicyclic amines) is 1. The third-order valence-corrected chi connectivity index (χ3v) is 7.00. The molecule has 0 atom stereocenters. The minimum absolute atomic E-state index is 0.0146. The van der Waals surface area contributed by atoms with Crippen LogP contribution in [-0.4, -0.2) is 43.3 Å². The Labute approximate surface area is 182 Å². The quantitative estimate of drug-likeness (QED) is 0.560. The lowest BCUT2D eigenvalue weighted by molar-refractivity contribution is -0.384. The molecular weight excluding hydrogens is 418 g/mol. The molecule has 0 aliphatic carbocycles. The molecular formula is C22H27N3O5S. The maximum Gasteiger partial charge on any atom is 0.269 e. The van der Waals surface area contributed by atoms with Crippen molar-refractivity contribution in [3.05, 3.63) is 69.8 Å². The molecule has 0 saturated carbocycles. The first-order valence-corrected chi connectivity index (χ1v) is 11.6. The van der Waals surface area contributed by atoms with Crippen molar-refractivity contribution in [2.45, 2.75) is 50.0 Å². The van der Waals surface area contributed by atoms with E-state index in [4.69, 9.17) is 0 Å². The summed E-state index contributed by atoms with van der Waals surface area (Å²) in [6.45, 7) is 7.26. The van der Waals surface area contributed by atoms with E-state index < -0.39 is 14.9 Å². The van der Waals surface area contributed by atoms with E-state index in [0.717, 1.165) is 5.56 Å². The lowest BCUT2D eigenvalue weighted by Crippen LogP contribution is -2.46. The van der Waals surface area contributed by atoms with Crippen LogP contribution in [0.1, 0.15) is 49.5 Å². The summed E-state index contributed by atoms with van der Waals surface area (Å²) in [5.41, 5.74) is 1.63. The molecule has 1 amide bonds. The van der Waals surface area contributed by atoms with Crippen LogP contribution in [0.2, 0.25) is 0 Å². The fraction of sp³-hybridized carbons (Fsp3) is 0.409. The summed E-state index contributed by atoms with van der Waals surface area (Å²) in [5.74, 6) is -0.0582. The monoisotopic (exact) mass is 445 g/mol. The number of rotatable bonds is 5. The molecule has 0 spiro atoms. The van der Waals surface area contributed by atoms with Gasteiger partial charge in [-0.15, -0.1) is 0 Å². The molecule has 1 fully saturated rings. The van der Waals surface area contributed by atoms with Crippen LogP contribution < -0.4 is 4.72 Å². The van der Waals surface area contributed by atoms with Gasteiger partial charge in [-0.3, -0.25) is 14.9 Å². The Morgan fingerprint density at radius 3 is 2.06 bits per heavy atom. The van der Waals surface area contributed by atoms with E-state index in [-0.39, 0.29) is 27.9 Å². The summed E-state index contributed by atoms with van der Waals surface area (Å²) in [6, 6.07) is 12.1. The van der Waals surface area contributed by atoms with Crippen molar-refractivity contribution >= 4 is 21.6 Å². The van der Waals surface area contributed by atoms with Crippen LogP contribution in [-0.2, 0) is 15.4 Å². The number of non-ortho nitro benzene ring substituents is 1. The van der Waals surface area contributed by atoms with Crippen molar-refractivity contribution in [2.24, 2.45) is 0 Å². The number of nitrogens with zero attached hydrogens (tertiary/aromatic N) is 2. The number of hydrogen-bond donors (Lipinski definition) is 1. The Kier molecular flexibility index (Phi) is 6.47. The number of carbonyl (C=O) groups is 1. The Hall–Kier alpha value is -2.78. The number of nitro benzene ring substituents is 1. The van der Waals surface area contributed by atoms with Crippen LogP contribution >= 0.6 is 0 Å². The molecule has 1 aliphatic rings. The molecule has 166 valence electrons. The molecule has 2 aromatic carbocycles. The molecule has 8 nitrogen and oxygen atoms in total. The van der Waals surface area contributed by atoms with E-state index in [1.165, 1.54) is 24.3 Å². The van der Waals surface area contributed by atoms with E-state index >= 15 is 0 Å². The second-order valence-electron chi connectivity index (χ2n) is 8.77. The van der Waals surface area contributed by atoms with Crippen LogP contribution in [0.15, 0.2) is 53.4 Å². The molecule has 0 radical (unpaired) electrons. The van der Waals surface area contributed by atoms with Gasteiger partial charge in [0.25, 0.3) is 11.6 Å². The minimum atomic E-state index is -3.79. The van der Waals surface area contributed by atoms with Crippen LogP contribution in [0.3, 0.4) is 0 Å². The smallest absolute Gasteiger partial charge is 0.269 e. The average Bonchev–Trinajstić information content (AvgIpc) is 2.73. The SMILES string of the molecule is CC(C)(C)c1ccc(C(=O)N2CCC(NS(=O)(=O)c3ccc([N+](=O)[O-])cc3)CC2)cc1. The molecule has 0 bridgehead atoms. The summed E-state index contributed by atoms with van der Waals surface area (Å²) < 4.78 is 27.8. The number of carbonyl (C=O) groups excluding carboxylic acids is 1. The second kappa shape index (κ2) is 8.76. The van der Waals surface area contributed by atoms with Gasteiger partial charge in [-0.25, -0.2) is 13.1 Å². The average molecular weight is 446 g/mol. The zero-order chi connectivity index (χ0) is 22.8. The topological polar surface area (TPSA) is 110 Å². The molecule has 2 aromatic rings. The van der Waals surface area contributed by atoms with E-state index in [1.54, 1.807) is 4.90 Å². The molecule has 1 aliphatic heterocycles. The summed E-state index contributed by atoms with van der Waals surface area (Å²) in [5, 5.41) is 10.7. The Balaban J connectivity index is 1.58. The first-order chi connectivity index (χ1) is 14.5. The number of nitrogens with one attached hydrogen (secondary N) is 1. The van der Waals surface area contributed by atoms with Gasteiger partial charge in [-0.05, 0) is 48.1 Å². The third-order valence-electron chi connectivity index (χ3n) is 5.46. The zero-order valence-corrected chi connectivity index (χ0v) is 18.7. The minimum Gasteiger partial charge on any atom is -0.339 e. The van der Waals surface area contributed by atoms with E-state index in [1.807, 2.05) is 24.3 Å². The van der Waals surface area contributed by atoms with Gasteiger partial charge in [0.1, 0.15) is 0 Å². The van der Waals surface area contributed by atoms with Gasteiger partial charge in [0.2, 0.25) is 10.0 Å². The number of piperidine rings is 1. The number of hydrogen-bond acceptors (Lipinski definition) is 5. The third kappa shape index (κ3) is 5.48. The van der Waals surface area contributed by atoms with Gasteiger partial charge in [-0.2, -0.15) is 0 Å². The van der Waals surface area contributed by atoms with Gasteiger partial charge < -0.3 is 4.90 Å². The zero-order valence-electron chi connectivity index (χ0n) is 17.9. The predicted molar refractivity (Wildman–Crippen MR) is 117 cm³/mol. The number of nitro groups is 1. The molecule has 1 saturated heterocycles. The summed E-state index contributed by atoms with van der Waals surface area (Å²) in [4.78, 5) is 24.7. The lowest BCUT2D eigenvalue weighted by Gasteiger charge is -2.32. The van der Waals surface area contributed by atoms with Gasteiger partial charge in [0.05, 0.1) is 9.82 Å². The van der Waals surface area contributed by atoms with Crippen LogP contribution in [0, 0.1) is 10.1 Å². The molecule has 0 unspecified atom stereocenters. The van der Waals surface area contributed by atoms with E-state index in [2.05, 4.69) is 25.5 Å². The number of sulfonamides is 1. The molecule has 1 heterocycles. The van der Waals surface area contributed by atoms with Crippen molar-refractivity contribution in [3.63, 3.8) is 0 Å². The summed E-state index contributed by atoms with van der Waals surface area (Å²) in [6.07, 6.45) is 0.996. The molecule has 0 aromatic heterocycles. The highest BCUT2D eigenvalue weighted by Gasteiger charge is 2.27. The van der Waals surface area contributed by atoms with Crippen molar-refractivity contribution in [3.8, 4) is 0 Å². The van der Waals surface area contributed by atoms with Gasteiger partial charge in [0, 0.05) is 36.8 Å². The molecule has 9 heteroatoms. The van der Waals surface area contributed by atoms with Gasteiger partial charge in [-0.1, -0.05) is 32.9 Å². The van der Waals surface area contributed by atoms with Crippen LogP contribution in [0.4, 0.5) is 5.69 Å². The van der Waals surface area contributed by atoms with Crippen LogP contribution in [0.5, 0.6) is 0 Å².